The van der Waals surface area contributed by atoms with Gasteiger partial charge >= 0.3 is 0 Å². The molecule has 9 nitrogen and oxygen atoms in total. The van der Waals surface area contributed by atoms with Gasteiger partial charge in [-0.2, -0.15) is 4.31 Å². The minimum atomic E-state index is -3.89. The summed E-state index contributed by atoms with van der Waals surface area (Å²) in [7, 11) is -2.25. The lowest BCUT2D eigenvalue weighted by atomic mass is 9.85. The average Bonchev–Trinajstić information content (AvgIpc) is 2.89. The van der Waals surface area contributed by atoms with Gasteiger partial charge in [0.05, 0.1) is 23.6 Å². The molecule has 0 radical (unpaired) electrons. The molecule has 0 aliphatic carbocycles. The Kier molecular flexibility index (Phi) is 12.8. The number of aliphatic hydroxyl groups excluding tert-OH is 1. The van der Waals surface area contributed by atoms with Gasteiger partial charge in [0.2, 0.25) is 21.8 Å². The number of benzene rings is 2. The van der Waals surface area contributed by atoms with E-state index in [2.05, 4.69) is 16.0 Å². The Balaban J connectivity index is 2.38. The Bertz CT molecular complexity index is 1170. The number of hydrogen-bond acceptors (Lipinski definition) is 6. The van der Waals surface area contributed by atoms with Crippen LogP contribution in [0.15, 0.2) is 65.6 Å². The first-order valence-electron chi connectivity index (χ1n) is 13.8. The Morgan fingerprint density at radius 1 is 0.950 bits per heavy atom. The van der Waals surface area contributed by atoms with E-state index in [0.717, 1.165) is 5.56 Å². The number of hydrogen-bond donors (Lipinski definition) is 4. The fourth-order valence-electron chi connectivity index (χ4n) is 4.25. The molecule has 2 amide bonds. The number of carbonyl (C=O) groups is 2. The fourth-order valence-corrected chi connectivity index (χ4v) is 5.75. The summed E-state index contributed by atoms with van der Waals surface area (Å²) < 4.78 is 28.5. The van der Waals surface area contributed by atoms with Crippen LogP contribution in [-0.2, 0) is 26.0 Å². The molecule has 0 aliphatic rings. The molecule has 222 valence electrons. The van der Waals surface area contributed by atoms with Crippen molar-refractivity contribution in [3.8, 4) is 0 Å². The molecule has 2 rings (SSSR count). The molecule has 0 bridgehead atoms. The van der Waals surface area contributed by atoms with Crippen LogP contribution in [0.3, 0.4) is 0 Å². The van der Waals surface area contributed by atoms with Crippen molar-refractivity contribution in [2.75, 3.05) is 26.7 Å². The van der Waals surface area contributed by atoms with E-state index in [-0.39, 0.29) is 42.8 Å². The molecule has 0 unspecified atom stereocenters. The van der Waals surface area contributed by atoms with Crippen LogP contribution >= 0.6 is 0 Å². The van der Waals surface area contributed by atoms with Gasteiger partial charge in [0, 0.05) is 13.1 Å². The fraction of sp³-hybridized carbons (Fsp3) is 0.533. The predicted molar refractivity (Wildman–Crippen MR) is 158 cm³/mol. The number of likely N-dealkylation sites (N-methyl/N-ethyl adjacent to an activating group) is 1. The lowest BCUT2D eigenvalue weighted by Crippen LogP contribution is -2.59. The van der Waals surface area contributed by atoms with Gasteiger partial charge in [-0.1, -0.05) is 83.1 Å². The highest BCUT2D eigenvalue weighted by Crippen LogP contribution is 2.22. The molecule has 0 aliphatic heterocycles. The monoisotopic (exact) mass is 574 g/mol. The van der Waals surface area contributed by atoms with E-state index >= 15 is 0 Å². The van der Waals surface area contributed by atoms with Crippen LogP contribution in [0.25, 0.3) is 0 Å². The van der Waals surface area contributed by atoms with Crippen LogP contribution in [0, 0.1) is 11.3 Å². The molecule has 0 fully saturated rings. The third kappa shape index (κ3) is 10.3. The Morgan fingerprint density at radius 2 is 1.52 bits per heavy atom. The number of rotatable bonds is 15. The summed E-state index contributed by atoms with van der Waals surface area (Å²) in [6.45, 7) is 9.64. The molecule has 0 spiro atoms. The Morgan fingerprint density at radius 3 is 2.05 bits per heavy atom. The van der Waals surface area contributed by atoms with Gasteiger partial charge in [0.25, 0.3) is 0 Å². The maximum Gasteiger partial charge on any atom is 0.243 e. The topological polar surface area (TPSA) is 128 Å². The quantitative estimate of drug-likeness (QED) is 0.259. The van der Waals surface area contributed by atoms with Gasteiger partial charge in [-0.05, 0) is 48.9 Å². The second-order valence-electron chi connectivity index (χ2n) is 11.6. The zero-order valence-electron chi connectivity index (χ0n) is 24.6. The van der Waals surface area contributed by atoms with Gasteiger partial charge in [0.15, 0.2) is 0 Å². The summed E-state index contributed by atoms with van der Waals surface area (Å²) in [5.74, 6) is -0.526. The van der Waals surface area contributed by atoms with E-state index in [0.29, 0.717) is 6.42 Å². The maximum absolute atomic E-state index is 13.6. The highest BCUT2D eigenvalue weighted by atomic mass is 32.2. The molecule has 3 atom stereocenters. The highest BCUT2D eigenvalue weighted by Gasteiger charge is 2.36. The van der Waals surface area contributed by atoms with Gasteiger partial charge < -0.3 is 21.1 Å². The van der Waals surface area contributed by atoms with Gasteiger partial charge in [-0.25, -0.2) is 8.42 Å². The first-order valence-corrected chi connectivity index (χ1v) is 15.2. The minimum absolute atomic E-state index is 0.0537. The first kappa shape index (κ1) is 33.4. The molecule has 2 aromatic rings. The van der Waals surface area contributed by atoms with Gasteiger partial charge in [-0.15, -0.1) is 0 Å². The number of nitrogens with zero attached hydrogens (tertiary/aromatic N) is 1. The van der Waals surface area contributed by atoms with E-state index < -0.39 is 39.5 Å². The molecular weight excluding hydrogens is 528 g/mol. The summed E-state index contributed by atoms with van der Waals surface area (Å²) in [4.78, 5) is 26.1. The lowest BCUT2D eigenvalue weighted by Gasteiger charge is -2.34. The van der Waals surface area contributed by atoms with Gasteiger partial charge in [-0.3, -0.25) is 9.59 Å². The Hall–Kier alpha value is -2.79. The second kappa shape index (κ2) is 15.3. The van der Waals surface area contributed by atoms with Crippen molar-refractivity contribution in [1.29, 1.82) is 0 Å². The van der Waals surface area contributed by atoms with E-state index in [1.807, 2.05) is 65.0 Å². The van der Waals surface area contributed by atoms with Crippen LogP contribution in [0.2, 0.25) is 0 Å². The zero-order chi connectivity index (χ0) is 29.9. The minimum Gasteiger partial charge on any atom is -0.390 e. The standard InChI is InChI=1S/C30H46N4O5S/c1-22(2)17-18-34(40(38,39)24-15-11-8-12-16-24)21-26(35)25(19-23-13-9-7-10-14-23)32-29(37)28(30(3,4)5)33-27(36)20-31-6/h7-16,22,25-26,28,31,35H,17-21H2,1-6H3,(H,32,37)(H,33,36)/t25-,26+,28+/m0/s1. The number of carbonyl (C=O) groups excluding carboxylic acids is 2. The molecule has 0 saturated carbocycles. The van der Waals surface area contributed by atoms with E-state index in [1.165, 1.54) is 16.4 Å². The van der Waals surface area contributed by atoms with Crippen molar-refractivity contribution in [3.63, 3.8) is 0 Å². The van der Waals surface area contributed by atoms with Crippen LogP contribution in [0.4, 0.5) is 0 Å². The molecule has 0 heterocycles. The van der Waals surface area contributed by atoms with Crippen LogP contribution < -0.4 is 16.0 Å². The second-order valence-corrected chi connectivity index (χ2v) is 13.6. The summed E-state index contributed by atoms with van der Waals surface area (Å²) in [5, 5.41) is 20.0. The zero-order valence-corrected chi connectivity index (χ0v) is 25.4. The van der Waals surface area contributed by atoms with E-state index in [1.54, 1.807) is 25.2 Å². The molecule has 0 saturated heterocycles. The summed E-state index contributed by atoms with van der Waals surface area (Å²) in [5.41, 5.74) is 0.258. The van der Waals surface area contributed by atoms with Crippen molar-refractivity contribution in [2.24, 2.45) is 11.3 Å². The summed E-state index contributed by atoms with van der Waals surface area (Å²) in [6, 6.07) is 15.9. The molecule has 10 heteroatoms. The van der Waals surface area contributed by atoms with Crippen LogP contribution in [-0.4, -0.2) is 74.5 Å². The predicted octanol–water partition coefficient (Wildman–Crippen LogP) is 2.56. The summed E-state index contributed by atoms with van der Waals surface area (Å²) >= 11 is 0. The Labute approximate surface area is 239 Å². The van der Waals surface area contributed by atoms with Crippen LogP contribution in [0.1, 0.15) is 46.6 Å². The summed E-state index contributed by atoms with van der Waals surface area (Å²) in [6.07, 6.45) is -0.334. The average molecular weight is 575 g/mol. The number of amides is 2. The third-order valence-electron chi connectivity index (χ3n) is 6.59. The largest absolute Gasteiger partial charge is 0.390 e. The van der Waals surface area contributed by atoms with Crippen molar-refractivity contribution in [1.82, 2.24) is 20.3 Å². The number of aliphatic hydroxyl groups is 1. The maximum atomic E-state index is 13.6. The van der Waals surface area contributed by atoms with Crippen molar-refractivity contribution >= 4 is 21.8 Å². The number of sulfonamides is 1. The van der Waals surface area contributed by atoms with Gasteiger partial charge in [0.1, 0.15) is 6.04 Å². The lowest BCUT2D eigenvalue weighted by molar-refractivity contribution is -0.132. The molecule has 40 heavy (non-hydrogen) atoms. The normalized spacial score (nSPS) is 14.5. The molecular formula is C30H46N4O5S. The SMILES string of the molecule is CNCC(=O)N[C@H](C(=O)N[C@@H](Cc1ccccc1)[C@H](O)CN(CCC(C)C)S(=O)(=O)c1ccccc1)C(C)(C)C. The third-order valence-corrected chi connectivity index (χ3v) is 8.47. The smallest absolute Gasteiger partial charge is 0.243 e. The van der Waals surface area contributed by atoms with Crippen molar-refractivity contribution < 1.29 is 23.1 Å². The van der Waals surface area contributed by atoms with Crippen molar-refractivity contribution in [3.05, 3.63) is 66.2 Å². The number of nitrogens with one attached hydrogen (secondary N) is 3. The molecule has 2 aromatic carbocycles. The highest BCUT2D eigenvalue weighted by molar-refractivity contribution is 7.89. The molecule has 0 aromatic heterocycles. The van der Waals surface area contributed by atoms with E-state index in [4.69, 9.17) is 0 Å². The van der Waals surface area contributed by atoms with E-state index in [9.17, 15) is 23.1 Å². The first-order chi connectivity index (χ1) is 18.8. The van der Waals surface area contributed by atoms with Crippen molar-refractivity contribution in [2.45, 2.75) is 70.5 Å². The molecule has 4 N–H and O–H groups in total. The van der Waals surface area contributed by atoms with Crippen LogP contribution in [0.5, 0.6) is 0 Å².